The van der Waals surface area contributed by atoms with E-state index < -0.39 is 12.1 Å². The number of nitrogens with zero attached hydrogens (tertiary/aromatic N) is 2. The van der Waals surface area contributed by atoms with Gasteiger partial charge in [0.2, 0.25) is 0 Å². The predicted molar refractivity (Wildman–Crippen MR) is 101 cm³/mol. The molecular weight excluding hydrogens is 450 g/mol. The average molecular weight is 479 g/mol. The Kier molecular flexibility index (Phi) is 9.79. The summed E-state index contributed by atoms with van der Waals surface area (Å²) in [6.45, 7) is 3.28. The van der Waals surface area contributed by atoms with Crippen molar-refractivity contribution in [2.75, 3.05) is 47.0 Å². The first-order valence-electron chi connectivity index (χ1n) is 8.57. The number of hydrogen-bond donors (Lipinski definition) is 1. The summed E-state index contributed by atoms with van der Waals surface area (Å²) in [5.74, 6) is -0.0596. The van der Waals surface area contributed by atoms with Crippen LogP contribution in [0.5, 0.6) is 0 Å². The van der Waals surface area contributed by atoms with Crippen LogP contribution in [0, 0.1) is 11.8 Å². The van der Waals surface area contributed by atoms with Gasteiger partial charge in [-0.2, -0.15) is 13.2 Å². The third-order valence-electron chi connectivity index (χ3n) is 4.86. The van der Waals surface area contributed by atoms with Crippen LogP contribution in [0.25, 0.3) is 0 Å². The highest BCUT2D eigenvalue weighted by molar-refractivity contribution is 14.0. The first kappa shape index (κ1) is 22.8. The van der Waals surface area contributed by atoms with Crippen molar-refractivity contribution in [1.82, 2.24) is 10.2 Å². The Morgan fingerprint density at radius 1 is 1.28 bits per heavy atom. The number of ether oxygens (including phenoxy) is 2. The molecule has 1 heterocycles. The fourth-order valence-corrected chi connectivity index (χ4v) is 3.46. The molecule has 1 unspecified atom stereocenters. The van der Waals surface area contributed by atoms with Crippen molar-refractivity contribution in [3.05, 3.63) is 0 Å². The minimum absolute atomic E-state index is 0. The molecule has 1 aliphatic carbocycles. The minimum Gasteiger partial charge on any atom is -0.382 e. The van der Waals surface area contributed by atoms with Crippen molar-refractivity contribution in [1.29, 1.82) is 0 Å². The second kappa shape index (κ2) is 10.8. The second-order valence-corrected chi connectivity index (χ2v) is 6.58. The quantitative estimate of drug-likeness (QED) is 0.383. The van der Waals surface area contributed by atoms with Gasteiger partial charge >= 0.3 is 6.18 Å². The van der Waals surface area contributed by atoms with E-state index in [1.54, 1.807) is 14.2 Å². The Morgan fingerprint density at radius 3 is 2.52 bits per heavy atom. The third-order valence-corrected chi connectivity index (χ3v) is 4.86. The lowest BCUT2D eigenvalue weighted by atomic mass is 9.81. The molecule has 2 rings (SSSR count). The molecule has 0 radical (unpaired) electrons. The van der Waals surface area contributed by atoms with Crippen LogP contribution in [0.4, 0.5) is 13.2 Å². The van der Waals surface area contributed by atoms with Crippen molar-refractivity contribution in [2.24, 2.45) is 16.8 Å². The lowest BCUT2D eigenvalue weighted by Crippen LogP contribution is -2.52. The Bertz CT molecular complexity index is 414. The lowest BCUT2D eigenvalue weighted by molar-refractivity contribution is -0.183. The van der Waals surface area contributed by atoms with E-state index in [1.807, 2.05) is 0 Å². The van der Waals surface area contributed by atoms with Gasteiger partial charge in [-0.3, -0.25) is 4.99 Å². The highest BCUT2D eigenvalue weighted by atomic mass is 127. The zero-order valence-electron chi connectivity index (χ0n) is 14.8. The number of methoxy groups -OCH3 is 1. The van der Waals surface area contributed by atoms with E-state index in [1.165, 1.54) is 0 Å². The van der Waals surface area contributed by atoms with Gasteiger partial charge in [0.25, 0.3) is 0 Å². The van der Waals surface area contributed by atoms with E-state index in [2.05, 4.69) is 15.2 Å². The maximum absolute atomic E-state index is 12.7. The molecular formula is C16H29F3IN3O2. The van der Waals surface area contributed by atoms with Crippen molar-refractivity contribution >= 4 is 29.9 Å². The topological polar surface area (TPSA) is 46.1 Å². The molecule has 148 valence electrons. The predicted octanol–water partition coefficient (Wildman–Crippen LogP) is 2.90. The first-order chi connectivity index (χ1) is 11.4. The summed E-state index contributed by atoms with van der Waals surface area (Å²) < 4.78 is 48.9. The SMILES string of the molecule is CN=C(NCC1CCC(C(F)(F)F)CC1)N1CCOC(COC)C1.I. The zero-order valence-corrected chi connectivity index (χ0v) is 17.2. The molecule has 2 aliphatic rings. The molecule has 1 N–H and O–H groups in total. The monoisotopic (exact) mass is 479 g/mol. The molecule has 5 nitrogen and oxygen atoms in total. The van der Waals surface area contributed by atoms with Gasteiger partial charge in [0.05, 0.1) is 25.2 Å². The van der Waals surface area contributed by atoms with Crippen molar-refractivity contribution in [3.63, 3.8) is 0 Å². The van der Waals surface area contributed by atoms with Crippen LogP contribution < -0.4 is 5.32 Å². The number of rotatable bonds is 4. The molecule has 1 saturated heterocycles. The fourth-order valence-electron chi connectivity index (χ4n) is 3.46. The van der Waals surface area contributed by atoms with Crippen molar-refractivity contribution < 1.29 is 22.6 Å². The van der Waals surface area contributed by atoms with E-state index in [0.717, 1.165) is 12.5 Å². The summed E-state index contributed by atoms with van der Waals surface area (Å²) in [7, 11) is 3.37. The molecule has 1 aliphatic heterocycles. The van der Waals surface area contributed by atoms with E-state index in [-0.39, 0.29) is 48.8 Å². The summed E-state index contributed by atoms with van der Waals surface area (Å²) in [5, 5.41) is 3.32. The number of morpholine rings is 1. The largest absolute Gasteiger partial charge is 0.391 e. The van der Waals surface area contributed by atoms with Crippen LogP contribution in [0.2, 0.25) is 0 Å². The summed E-state index contributed by atoms with van der Waals surface area (Å²) in [6, 6.07) is 0. The number of alkyl halides is 3. The summed E-state index contributed by atoms with van der Waals surface area (Å²) in [5.41, 5.74) is 0. The average Bonchev–Trinajstić information content (AvgIpc) is 2.56. The minimum atomic E-state index is -4.04. The van der Waals surface area contributed by atoms with Gasteiger partial charge in [-0.25, -0.2) is 0 Å². The molecule has 0 aromatic heterocycles. The van der Waals surface area contributed by atoms with E-state index >= 15 is 0 Å². The molecule has 1 atom stereocenters. The van der Waals surface area contributed by atoms with Crippen molar-refractivity contribution in [3.8, 4) is 0 Å². The van der Waals surface area contributed by atoms with Crippen LogP contribution in [-0.4, -0.2) is 70.1 Å². The Morgan fingerprint density at radius 2 is 1.96 bits per heavy atom. The zero-order chi connectivity index (χ0) is 17.6. The Balaban J connectivity index is 0.00000312. The van der Waals surface area contributed by atoms with Crippen molar-refractivity contribution in [2.45, 2.75) is 38.0 Å². The first-order valence-corrected chi connectivity index (χ1v) is 8.57. The van der Waals surface area contributed by atoms with Gasteiger partial charge in [-0.1, -0.05) is 0 Å². The van der Waals surface area contributed by atoms with Crippen LogP contribution in [0.1, 0.15) is 25.7 Å². The van der Waals surface area contributed by atoms with Gasteiger partial charge in [0, 0.05) is 33.8 Å². The van der Waals surface area contributed by atoms with Crippen LogP contribution in [-0.2, 0) is 9.47 Å². The molecule has 0 aromatic carbocycles. The van der Waals surface area contributed by atoms with Crippen LogP contribution >= 0.6 is 24.0 Å². The number of nitrogens with one attached hydrogen (secondary N) is 1. The van der Waals surface area contributed by atoms with Gasteiger partial charge in [-0.15, -0.1) is 24.0 Å². The molecule has 2 fully saturated rings. The molecule has 0 spiro atoms. The maximum atomic E-state index is 12.7. The van der Waals surface area contributed by atoms with E-state index in [0.29, 0.717) is 39.1 Å². The molecule has 25 heavy (non-hydrogen) atoms. The normalized spacial score (nSPS) is 28.4. The van der Waals surface area contributed by atoms with Crippen LogP contribution in [0.15, 0.2) is 4.99 Å². The Labute approximate surface area is 164 Å². The standard InChI is InChI=1S/C16H28F3N3O2.HI/c1-20-15(22-7-8-24-14(10-22)11-23-2)21-9-12-3-5-13(6-4-12)16(17,18)19;/h12-14H,3-11H2,1-2H3,(H,20,21);1H. The highest BCUT2D eigenvalue weighted by Crippen LogP contribution is 2.39. The summed E-state index contributed by atoms with van der Waals surface area (Å²) >= 11 is 0. The summed E-state index contributed by atoms with van der Waals surface area (Å²) in [4.78, 5) is 6.42. The molecule has 0 amide bonds. The number of halogens is 4. The molecule has 0 bridgehead atoms. The molecule has 1 saturated carbocycles. The Hall–Kier alpha value is -0.290. The van der Waals surface area contributed by atoms with Crippen LogP contribution in [0.3, 0.4) is 0 Å². The summed E-state index contributed by atoms with van der Waals surface area (Å²) in [6.07, 6.45) is -2.32. The lowest BCUT2D eigenvalue weighted by Gasteiger charge is -2.36. The fraction of sp³-hybridized carbons (Fsp3) is 0.938. The van der Waals surface area contributed by atoms with Gasteiger partial charge < -0.3 is 19.7 Å². The van der Waals surface area contributed by atoms with Gasteiger partial charge in [0.15, 0.2) is 5.96 Å². The number of aliphatic imine (C=N–C) groups is 1. The highest BCUT2D eigenvalue weighted by Gasteiger charge is 2.41. The third kappa shape index (κ3) is 7.09. The smallest absolute Gasteiger partial charge is 0.382 e. The number of hydrogen-bond acceptors (Lipinski definition) is 3. The molecule has 0 aromatic rings. The maximum Gasteiger partial charge on any atom is 0.391 e. The second-order valence-electron chi connectivity index (χ2n) is 6.58. The molecule has 9 heteroatoms. The van der Waals surface area contributed by atoms with E-state index in [9.17, 15) is 13.2 Å². The number of guanidine groups is 1. The van der Waals surface area contributed by atoms with Gasteiger partial charge in [-0.05, 0) is 31.6 Å². The van der Waals surface area contributed by atoms with E-state index in [4.69, 9.17) is 9.47 Å². The van der Waals surface area contributed by atoms with Gasteiger partial charge in [0.1, 0.15) is 0 Å².